The summed E-state index contributed by atoms with van der Waals surface area (Å²) in [6.07, 6.45) is 5.21. The maximum Gasteiger partial charge on any atom is 0.323 e. The fraction of sp³-hybridized carbons (Fsp3) is 0.875. The topological polar surface area (TPSA) is 52.6 Å². The molecule has 0 spiro atoms. The number of carbonyl (C=O) groups excluding carboxylic acids is 2. The number of hydrogen-bond acceptors (Lipinski definition) is 4. The highest BCUT2D eigenvalue weighted by atomic mass is 16.5. The Morgan fingerprint density at radius 3 is 1.75 bits per heavy atom. The molecule has 0 amide bonds. The monoisotopic (exact) mass is 284 g/mol. The minimum atomic E-state index is -1.12. The van der Waals surface area contributed by atoms with Crippen LogP contribution in [-0.4, -0.2) is 26.2 Å². The standard InChI is InChI=1S/C16H28O4/c1-15(2,3)10-11-16(13(17)19-4,14(18)20-5)12-8-6-7-9-12/h12H,6-11H2,1-5H3. The smallest absolute Gasteiger partial charge is 0.323 e. The molecule has 0 unspecified atom stereocenters. The van der Waals surface area contributed by atoms with Crippen LogP contribution >= 0.6 is 0 Å². The van der Waals surface area contributed by atoms with Gasteiger partial charge in [0.1, 0.15) is 0 Å². The lowest BCUT2D eigenvalue weighted by molar-refractivity contribution is -0.175. The Labute approximate surface area is 122 Å². The summed E-state index contributed by atoms with van der Waals surface area (Å²) in [5.41, 5.74) is -1.06. The Morgan fingerprint density at radius 2 is 1.40 bits per heavy atom. The lowest BCUT2D eigenvalue weighted by Crippen LogP contribution is -2.47. The molecule has 4 nitrogen and oxygen atoms in total. The highest BCUT2D eigenvalue weighted by Gasteiger charge is 2.54. The van der Waals surface area contributed by atoms with E-state index >= 15 is 0 Å². The van der Waals surface area contributed by atoms with Crippen LogP contribution in [0.5, 0.6) is 0 Å². The van der Waals surface area contributed by atoms with Gasteiger partial charge < -0.3 is 9.47 Å². The fourth-order valence-corrected chi connectivity index (χ4v) is 3.18. The average molecular weight is 284 g/mol. The summed E-state index contributed by atoms with van der Waals surface area (Å²) in [7, 11) is 2.71. The molecule has 1 aliphatic rings. The number of hydrogen-bond donors (Lipinski definition) is 0. The van der Waals surface area contributed by atoms with E-state index in [1.54, 1.807) is 0 Å². The minimum Gasteiger partial charge on any atom is -0.468 e. The zero-order valence-corrected chi connectivity index (χ0v) is 13.5. The van der Waals surface area contributed by atoms with Gasteiger partial charge >= 0.3 is 11.9 Å². The largest absolute Gasteiger partial charge is 0.468 e. The summed E-state index contributed by atoms with van der Waals surface area (Å²) in [5.74, 6) is -0.814. The fourth-order valence-electron chi connectivity index (χ4n) is 3.18. The molecule has 116 valence electrons. The molecule has 1 fully saturated rings. The van der Waals surface area contributed by atoms with Crippen molar-refractivity contribution in [3.8, 4) is 0 Å². The van der Waals surface area contributed by atoms with Crippen LogP contribution < -0.4 is 0 Å². The van der Waals surface area contributed by atoms with Crippen molar-refractivity contribution in [2.45, 2.75) is 59.3 Å². The van der Waals surface area contributed by atoms with Gasteiger partial charge in [0.05, 0.1) is 14.2 Å². The Bertz CT molecular complexity index is 332. The zero-order valence-electron chi connectivity index (χ0n) is 13.5. The van der Waals surface area contributed by atoms with Crippen LogP contribution in [0.25, 0.3) is 0 Å². The van der Waals surface area contributed by atoms with E-state index in [9.17, 15) is 9.59 Å². The molecule has 1 aliphatic carbocycles. The molecule has 0 bridgehead atoms. The highest BCUT2D eigenvalue weighted by molar-refractivity contribution is 6.00. The van der Waals surface area contributed by atoms with Gasteiger partial charge in [0.25, 0.3) is 0 Å². The average Bonchev–Trinajstić information content (AvgIpc) is 2.91. The van der Waals surface area contributed by atoms with E-state index < -0.39 is 17.4 Å². The van der Waals surface area contributed by atoms with Gasteiger partial charge in [-0.25, -0.2) is 0 Å². The summed E-state index contributed by atoms with van der Waals surface area (Å²) in [6.45, 7) is 6.34. The van der Waals surface area contributed by atoms with Crippen molar-refractivity contribution in [3.63, 3.8) is 0 Å². The first-order valence-corrected chi connectivity index (χ1v) is 7.45. The van der Waals surface area contributed by atoms with Gasteiger partial charge in [-0.1, -0.05) is 33.6 Å². The summed E-state index contributed by atoms with van der Waals surface area (Å²) >= 11 is 0. The maximum absolute atomic E-state index is 12.4. The van der Waals surface area contributed by atoms with E-state index in [1.165, 1.54) is 14.2 Å². The molecule has 0 radical (unpaired) electrons. The zero-order chi connectivity index (χ0) is 15.4. The van der Waals surface area contributed by atoms with Crippen molar-refractivity contribution in [1.82, 2.24) is 0 Å². The first kappa shape index (κ1) is 17.0. The summed E-state index contributed by atoms with van der Waals surface area (Å²) < 4.78 is 9.95. The van der Waals surface area contributed by atoms with E-state index in [1.807, 2.05) is 0 Å². The lowest BCUT2D eigenvalue weighted by Gasteiger charge is -2.35. The summed E-state index contributed by atoms with van der Waals surface area (Å²) in [4.78, 5) is 24.8. The Hall–Kier alpha value is -1.06. The molecule has 20 heavy (non-hydrogen) atoms. The Kier molecular flexibility index (Phi) is 5.60. The van der Waals surface area contributed by atoms with Crippen molar-refractivity contribution in [2.75, 3.05) is 14.2 Å². The minimum absolute atomic E-state index is 0.0461. The second-order valence-corrected chi connectivity index (χ2v) is 7.00. The van der Waals surface area contributed by atoms with Crippen LogP contribution in [-0.2, 0) is 19.1 Å². The van der Waals surface area contributed by atoms with E-state index in [0.717, 1.165) is 32.1 Å². The highest BCUT2D eigenvalue weighted by Crippen LogP contribution is 2.46. The predicted octanol–water partition coefficient (Wildman–Crippen LogP) is 3.34. The third-order valence-electron chi connectivity index (χ3n) is 4.42. The van der Waals surface area contributed by atoms with Crippen molar-refractivity contribution in [2.24, 2.45) is 16.7 Å². The molecule has 0 aromatic heterocycles. The molecule has 0 atom stereocenters. The molecule has 4 heteroatoms. The van der Waals surface area contributed by atoms with Gasteiger partial charge in [0, 0.05) is 0 Å². The van der Waals surface area contributed by atoms with Crippen LogP contribution in [0.15, 0.2) is 0 Å². The predicted molar refractivity (Wildman–Crippen MR) is 77.1 cm³/mol. The van der Waals surface area contributed by atoms with E-state index in [-0.39, 0.29) is 11.3 Å². The molecule has 0 N–H and O–H groups in total. The first-order valence-electron chi connectivity index (χ1n) is 7.45. The second kappa shape index (κ2) is 6.59. The third kappa shape index (κ3) is 3.53. The quantitative estimate of drug-likeness (QED) is 0.574. The maximum atomic E-state index is 12.4. The molecule has 0 heterocycles. The van der Waals surface area contributed by atoms with Crippen molar-refractivity contribution < 1.29 is 19.1 Å². The van der Waals surface area contributed by atoms with Gasteiger partial charge in [-0.3, -0.25) is 9.59 Å². The van der Waals surface area contributed by atoms with Crippen LogP contribution in [0.1, 0.15) is 59.3 Å². The SMILES string of the molecule is COC(=O)C(CCC(C)(C)C)(C(=O)OC)C1CCCC1. The van der Waals surface area contributed by atoms with Gasteiger partial charge in [0.2, 0.25) is 0 Å². The molecule has 0 aliphatic heterocycles. The molecule has 0 saturated heterocycles. The van der Waals surface area contributed by atoms with Crippen LogP contribution in [0, 0.1) is 16.7 Å². The second-order valence-electron chi connectivity index (χ2n) is 7.00. The van der Waals surface area contributed by atoms with Crippen molar-refractivity contribution >= 4 is 11.9 Å². The number of esters is 2. The van der Waals surface area contributed by atoms with E-state index in [4.69, 9.17) is 9.47 Å². The molecule has 1 saturated carbocycles. The number of carbonyl (C=O) groups is 2. The third-order valence-corrected chi connectivity index (χ3v) is 4.42. The Morgan fingerprint density at radius 1 is 0.950 bits per heavy atom. The number of ether oxygens (including phenoxy) is 2. The van der Waals surface area contributed by atoms with Gasteiger partial charge in [-0.05, 0) is 37.0 Å². The van der Waals surface area contributed by atoms with Gasteiger partial charge in [0.15, 0.2) is 5.41 Å². The van der Waals surface area contributed by atoms with Crippen LogP contribution in [0.3, 0.4) is 0 Å². The molecule has 1 rings (SSSR count). The van der Waals surface area contributed by atoms with Gasteiger partial charge in [-0.15, -0.1) is 0 Å². The molecule has 0 aromatic rings. The number of rotatable bonds is 5. The Balaban J connectivity index is 3.11. The van der Waals surface area contributed by atoms with E-state index in [2.05, 4.69) is 20.8 Å². The molecular weight excluding hydrogens is 256 g/mol. The summed E-state index contributed by atoms with van der Waals surface area (Å²) in [5, 5.41) is 0. The number of methoxy groups -OCH3 is 2. The van der Waals surface area contributed by atoms with Crippen LogP contribution in [0.2, 0.25) is 0 Å². The van der Waals surface area contributed by atoms with Crippen molar-refractivity contribution in [3.05, 3.63) is 0 Å². The lowest BCUT2D eigenvalue weighted by atomic mass is 9.68. The molecular formula is C16H28O4. The first-order chi connectivity index (χ1) is 9.28. The summed E-state index contributed by atoms with van der Waals surface area (Å²) in [6, 6.07) is 0. The van der Waals surface area contributed by atoms with Crippen molar-refractivity contribution in [1.29, 1.82) is 0 Å². The van der Waals surface area contributed by atoms with Gasteiger partial charge in [-0.2, -0.15) is 0 Å². The normalized spacial score (nSPS) is 17.1. The molecule has 0 aromatic carbocycles. The van der Waals surface area contributed by atoms with Crippen LogP contribution in [0.4, 0.5) is 0 Å². The van der Waals surface area contributed by atoms with E-state index in [0.29, 0.717) is 6.42 Å².